The predicted octanol–water partition coefficient (Wildman–Crippen LogP) is 4.06. The van der Waals surface area contributed by atoms with Gasteiger partial charge in [-0.05, 0) is 55.6 Å². The van der Waals surface area contributed by atoms with Crippen LogP contribution >= 0.6 is 11.6 Å². The van der Waals surface area contributed by atoms with Crippen molar-refractivity contribution in [1.82, 2.24) is 15.5 Å². The van der Waals surface area contributed by atoms with E-state index in [1.807, 2.05) is 38.1 Å². The maximum absolute atomic E-state index is 13.2. The molecule has 0 unspecified atom stereocenters. The molecule has 0 radical (unpaired) electrons. The lowest BCUT2D eigenvalue weighted by atomic mass is 10.0. The number of carbonyl (C=O) groups excluding carboxylic acids is 2. The van der Waals surface area contributed by atoms with Crippen LogP contribution in [0, 0.1) is 5.92 Å². The molecule has 2 aromatic carbocycles. The van der Waals surface area contributed by atoms with E-state index in [9.17, 15) is 9.59 Å². The highest BCUT2D eigenvalue weighted by molar-refractivity contribution is 6.31. The molecule has 8 heteroatoms. The largest absolute Gasteiger partial charge is 0.497 e. The Balaban J connectivity index is 1.73. The summed E-state index contributed by atoms with van der Waals surface area (Å²) >= 11 is 6.49. The molecule has 2 N–H and O–H groups in total. The maximum atomic E-state index is 13.2. The van der Waals surface area contributed by atoms with E-state index in [0.29, 0.717) is 28.6 Å². The van der Waals surface area contributed by atoms with Gasteiger partial charge >= 0.3 is 0 Å². The number of nitrogens with zero attached hydrogens (tertiary/aromatic N) is 1. The number of benzene rings is 2. The molecule has 34 heavy (non-hydrogen) atoms. The summed E-state index contributed by atoms with van der Waals surface area (Å²) in [5, 5.41) is 6.63. The van der Waals surface area contributed by atoms with Crippen LogP contribution in [-0.4, -0.2) is 56.6 Å². The Morgan fingerprint density at radius 1 is 1.03 bits per heavy atom. The van der Waals surface area contributed by atoms with E-state index in [2.05, 4.69) is 15.5 Å². The number of carbonyl (C=O) groups is 2. The van der Waals surface area contributed by atoms with Crippen molar-refractivity contribution in [3.63, 3.8) is 0 Å². The minimum absolute atomic E-state index is 0.0219. The van der Waals surface area contributed by atoms with Crippen LogP contribution in [0.3, 0.4) is 0 Å². The quantitative estimate of drug-likeness (QED) is 0.528. The molecule has 0 saturated carbocycles. The summed E-state index contributed by atoms with van der Waals surface area (Å²) in [6.07, 6.45) is 2.26. The molecule has 2 amide bonds. The van der Waals surface area contributed by atoms with Crippen molar-refractivity contribution in [2.75, 3.05) is 33.9 Å². The van der Waals surface area contributed by atoms with Gasteiger partial charge in [-0.2, -0.15) is 0 Å². The van der Waals surface area contributed by atoms with Gasteiger partial charge in [0.15, 0.2) is 0 Å². The number of methoxy groups -OCH3 is 2. The third kappa shape index (κ3) is 6.42. The highest BCUT2D eigenvalue weighted by Gasteiger charge is 2.29. The van der Waals surface area contributed by atoms with E-state index >= 15 is 0 Å². The van der Waals surface area contributed by atoms with Crippen LogP contribution in [0.5, 0.6) is 11.5 Å². The lowest BCUT2D eigenvalue weighted by Crippen LogP contribution is -2.51. The third-order valence-electron chi connectivity index (χ3n) is 6.16. The second-order valence-electron chi connectivity index (χ2n) is 8.82. The van der Waals surface area contributed by atoms with E-state index in [1.165, 1.54) is 14.2 Å². The first-order valence-corrected chi connectivity index (χ1v) is 12.0. The Labute approximate surface area is 206 Å². The Morgan fingerprint density at radius 2 is 1.65 bits per heavy atom. The van der Waals surface area contributed by atoms with Gasteiger partial charge in [-0.15, -0.1) is 0 Å². The topological polar surface area (TPSA) is 79.9 Å². The summed E-state index contributed by atoms with van der Waals surface area (Å²) < 4.78 is 10.5. The minimum Gasteiger partial charge on any atom is -0.497 e. The van der Waals surface area contributed by atoms with Crippen molar-refractivity contribution in [2.24, 2.45) is 5.92 Å². The molecular formula is C26H34ClN3O4. The number of likely N-dealkylation sites (tertiary alicyclic amines) is 1. The molecule has 1 heterocycles. The average Bonchev–Trinajstić information content (AvgIpc) is 3.37. The van der Waals surface area contributed by atoms with Crippen molar-refractivity contribution in [1.29, 1.82) is 0 Å². The molecule has 1 fully saturated rings. The van der Waals surface area contributed by atoms with Crippen LogP contribution in [0.25, 0.3) is 0 Å². The van der Waals surface area contributed by atoms with Crippen molar-refractivity contribution < 1.29 is 19.1 Å². The standard InChI is InChI=1S/C26H34ClN3O4/c1-17(2)24(29-25(31)18-13-19(33-3)15-20(14-18)34-4)26(32)28-16-23(30-11-7-8-12-30)21-9-5-6-10-22(21)27/h5-6,9-10,13-15,17,23-24H,7-8,11-12,16H2,1-4H3,(H,28,32)(H,29,31)/t23-,24+/m0/s1. The van der Waals surface area contributed by atoms with Crippen molar-refractivity contribution in [2.45, 2.75) is 38.8 Å². The maximum Gasteiger partial charge on any atom is 0.252 e. The molecule has 3 rings (SSSR count). The first kappa shape index (κ1) is 25.8. The van der Waals surface area contributed by atoms with Gasteiger partial charge in [-0.3, -0.25) is 14.5 Å². The fraction of sp³-hybridized carbons (Fsp3) is 0.462. The first-order chi connectivity index (χ1) is 16.3. The van der Waals surface area contributed by atoms with Crippen LogP contribution in [-0.2, 0) is 4.79 Å². The number of rotatable bonds is 10. The molecule has 1 aliphatic heterocycles. The Kier molecular flexibility index (Phi) is 9.19. The number of hydrogen-bond donors (Lipinski definition) is 2. The highest BCUT2D eigenvalue weighted by Crippen LogP contribution is 2.30. The number of amides is 2. The Morgan fingerprint density at radius 3 is 2.21 bits per heavy atom. The summed E-state index contributed by atoms with van der Waals surface area (Å²) in [5.41, 5.74) is 1.36. The molecule has 1 saturated heterocycles. The number of halogens is 1. The van der Waals surface area contributed by atoms with E-state index in [1.54, 1.807) is 18.2 Å². The first-order valence-electron chi connectivity index (χ1n) is 11.6. The third-order valence-corrected chi connectivity index (χ3v) is 6.51. The molecule has 0 spiro atoms. The number of hydrogen-bond acceptors (Lipinski definition) is 5. The monoisotopic (exact) mass is 487 g/mol. The molecular weight excluding hydrogens is 454 g/mol. The summed E-state index contributed by atoms with van der Waals surface area (Å²) in [6.45, 7) is 6.15. The number of nitrogens with one attached hydrogen (secondary N) is 2. The second-order valence-corrected chi connectivity index (χ2v) is 9.23. The van der Waals surface area contributed by atoms with Gasteiger partial charge in [0.2, 0.25) is 5.91 Å². The van der Waals surface area contributed by atoms with Gasteiger partial charge in [0.25, 0.3) is 5.91 Å². The zero-order valence-electron chi connectivity index (χ0n) is 20.3. The van der Waals surface area contributed by atoms with Crippen LogP contribution in [0.1, 0.15) is 48.7 Å². The smallest absolute Gasteiger partial charge is 0.252 e. The lowest BCUT2D eigenvalue weighted by Gasteiger charge is -2.30. The van der Waals surface area contributed by atoms with Gasteiger partial charge in [0.05, 0.1) is 20.3 Å². The molecule has 0 bridgehead atoms. The van der Waals surface area contributed by atoms with Crippen LogP contribution < -0.4 is 20.1 Å². The molecule has 184 valence electrons. The van der Waals surface area contributed by atoms with Crippen molar-refractivity contribution in [3.8, 4) is 11.5 Å². The van der Waals surface area contributed by atoms with E-state index in [0.717, 1.165) is 31.5 Å². The fourth-order valence-corrected chi connectivity index (χ4v) is 4.50. The fourth-order valence-electron chi connectivity index (χ4n) is 4.24. The summed E-state index contributed by atoms with van der Waals surface area (Å²) in [5.74, 6) is 0.302. The highest BCUT2D eigenvalue weighted by atomic mass is 35.5. The number of ether oxygens (including phenoxy) is 2. The van der Waals surface area contributed by atoms with Crippen LogP contribution in [0.15, 0.2) is 42.5 Å². The normalized spacial score (nSPS) is 15.6. The van der Waals surface area contributed by atoms with E-state index in [4.69, 9.17) is 21.1 Å². The van der Waals surface area contributed by atoms with Gasteiger partial charge in [0.1, 0.15) is 17.5 Å². The van der Waals surface area contributed by atoms with Gasteiger partial charge in [-0.25, -0.2) is 0 Å². The van der Waals surface area contributed by atoms with Crippen molar-refractivity contribution in [3.05, 3.63) is 58.6 Å². The van der Waals surface area contributed by atoms with Crippen LogP contribution in [0.4, 0.5) is 0 Å². The molecule has 2 atom stereocenters. The molecule has 0 aromatic heterocycles. The van der Waals surface area contributed by atoms with Gasteiger partial charge < -0.3 is 20.1 Å². The minimum atomic E-state index is -0.699. The van der Waals surface area contributed by atoms with Gasteiger partial charge in [-0.1, -0.05) is 43.6 Å². The average molecular weight is 488 g/mol. The summed E-state index contributed by atoms with van der Waals surface area (Å²) in [7, 11) is 3.05. The molecule has 7 nitrogen and oxygen atoms in total. The molecule has 1 aliphatic rings. The zero-order valence-corrected chi connectivity index (χ0v) is 21.0. The van der Waals surface area contributed by atoms with E-state index in [-0.39, 0.29) is 23.8 Å². The Hall–Kier alpha value is -2.77. The summed E-state index contributed by atoms with van der Waals surface area (Å²) in [4.78, 5) is 28.5. The summed E-state index contributed by atoms with van der Waals surface area (Å²) in [6, 6.07) is 12.0. The van der Waals surface area contributed by atoms with Crippen LogP contribution in [0.2, 0.25) is 5.02 Å². The predicted molar refractivity (Wildman–Crippen MR) is 134 cm³/mol. The SMILES string of the molecule is COc1cc(OC)cc(C(=O)N[C@@H](C(=O)NC[C@@H](c2ccccc2Cl)N2CCCC2)C(C)C)c1. The lowest BCUT2D eigenvalue weighted by molar-refractivity contribution is -0.124. The van der Waals surface area contributed by atoms with E-state index < -0.39 is 6.04 Å². The van der Waals surface area contributed by atoms with Gasteiger partial charge in [0, 0.05) is 23.2 Å². The second kappa shape index (κ2) is 12.1. The van der Waals surface area contributed by atoms with Crippen molar-refractivity contribution >= 4 is 23.4 Å². The Bertz CT molecular complexity index is 970. The molecule has 0 aliphatic carbocycles. The zero-order chi connectivity index (χ0) is 24.7. The molecule has 2 aromatic rings.